The van der Waals surface area contributed by atoms with Crippen LogP contribution in [-0.2, 0) is 14.3 Å². The van der Waals surface area contributed by atoms with Gasteiger partial charge in [-0.15, -0.1) is 11.0 Å². The molecule has 30 heavy (non-hydrogen) atoms. The van der Waals surface area contributed by atoms with E-state index in [1.165, 1.54) is 0 Å². The Kier molecular flexibility index (Phi) is 11.3. The topological polar surface area (TPSA) is 85.8 Å². The molecule has 1 aliphatic rings. The molecule has 0 radical (unpaired) electrons. The molecule has 0 spiro atoms. The van der Waals surface area contributed by atoms with Crippen LogP contribution in [-0.4, -0.2) is 77.3 Å². The number of carbonyl (C=O) groups excluding carboxylic acids is 1. The van der Waals surface area contributed by atoms with Crippen molar-refractivity contribution in [2.75, 3.05) is 55.9 Å². The van der Waals surface area contributed by atoms with Crippen molar-refractivity contribution >= 4 is 45.1 Å². The molecule has 1 aromatic rings. The number of hydrogen-bond acceptors (Lipinski definition) is 11. The number of rotatable bonds is 13. The molecule has 0 bridgehead atoms. The van der Waals surface area contributed by atoms with Crippen molar-refractivity contribution in [1.82, 2.24) is 14.1 Å². The van der Waals surface area contributed by atoms with E-state index in [9.17, 15) is 4.79 Å². The molecule has 1 N–H and O–H groups in total. The number of esters is 1. The van der Waals surface area contributed by atoms with Gasteiger partial charge in [0.2, 0.25) is 5.82 Å². The van der Waals surface area contributed by atoms with E-state index in [4.69, 9.17) is 14.2 Å². The molecular weight excluding hydrogens is 444 g/mol. The number of carbonyl (C=O) groups is 1. The minimum absolute atomic E-state index is 0.0943. The summed E-state index contributed by atoms with van der Waals surface area (Å²) in [6, 6.07) is 0. The van der Waals surface area contributed by atoms with Gasteiger partial charge in [0.1, 0.15) is 12.7 Å². The molecule has 1 saturated heterocycles. The van der Waals surface area contributed by atoms with Gasteiger partial charge in [-0.3, -0.25) is 4.79 Å². The third kappa shape index (κ3) is 9.86. The Bertz CT molecular complexity index is 648. The molecule has 11 heteroatoms. The van der Waals surface area contributed by atoms with Crippen LogP contribution in [0.3, 0.4) is 0 Å². The first-order valence-electron chi connectivity index (χ1n) is 9.97. The van der Waals surface area contributed by atoms with Crippen LogP contribution >= 0.6 is 33.3 Å². The Morgan fingerprint density at radius 2 is 2.13 bits per heavy atom. The standard InChI is InChI=1S/C19H32N4O4S3/c1-5-11-28-29-12-6-16(24)27-15(13-20-19(2,3)4)14-26-18-17(21-30-22-18)23-7-9-25-10-8-23/h5,15,20H,1,6-14H2,2-4H3/t15-/m0/s1. The Labute approximate surface area is 191 Å². The molecule has 0 saturated carbocycles. The van der Waals surface area contributed by atoms with Gasteiger partial charge < -0.3 is 24.4 Å². The highest BCUT2D eigenvalue weighted by Gasteiger charge is 2.23. The van der Waals surface area contributed by atoms with Crippen LogP contribution in [0.25, 0.3) is 0 Å². The van der Waals surface area contributed by atoms with Gasteiger partial charge in [0, 0.05) is 36.7 Å². The molecule has 0 amide bonds. The monoisotopic (exact) mass is 476 g/mol. The predicted molar refractivity (Wildman–Crippen MR) is 126 cm³/mol. The van der Waals surface area contributed by atoms with Gasteiger partial charge in [-0.1, -0.05) is 27.7 Å². The molecule has 2 heterocycles. The highest BCUT2D eigenvalue weighted by molar-refractivity contribution is 8.76. The Balaban J connectivity index is 1.87. The van der Waals surface area contributed by atoms with Crippen LogP contribution < -0.4 is 15.0 Å². The zero-order chi connectivity index (χ0) is 21.8. The summed E-state index contributed by atoms with van der Waals surface area (Å²) in [4.78, 5) is 14.4. The highest BCUT2D eigenvalue weighted by Crippen LogP contribution is 2.26. The maximum absolute atomic E-state index is 12.3. The predicted octanol–water partition coefficient (Wildman–Crippen LogP) is 3.01. The van der Waals surface area contributed by atoms with E-state index in [1.54, 1.807) is 21.6 Å². The lowest BCUT2D eigenvalue weighted by Crippen LogP contribution is -2.44. The number of anilines is 1. The van der Waals surface area contributed by atoms with Gasteiger partial charge >= 0.3 is 5.97 Å². The van der Waals surface area contributed by atoms with Crippen LogP contribution in [0.15, 0.2) is 12.7 Å². The molecule has 0 aliphatic carbocycles. The summed E-state index contributed by atoms with van der Waals surface area (Å²) in [5, 5.41) is 3.38. The average Bonchev–Trinajstić information content (AvgIpc) is 3.18. The van der Waals surface area contributed by atoms with Gasteiger partial charge in [0.25, 0.3) is 5.88 Å². The van der Waals surface area contributed by atoms with Crippen LogP contribution in [0.4, 0.5) is 5.82 Å². The molecule has 0 aromatic carbocycles. The summed E-state index contributed by atoms with van der Waals surface area (Å²) >= 11 is 1.12. The second-order valence-electron chi connectivity index (χ2n) is 7.69. The second kappa shape index (κ2) is 13.4. The number of morpholine rings is 1. The summed E-state index contributed by atoms with van der Waals surface area (Å²) in [7, 11) is 3.32. The summed E-state index contributed by atoms with van der Waals surface area (Å²) in [6.07, 6.45) is 1.79. The molecule has 1 aliphatic heterocycles. The zero-order valence-electron chi connectivity index (χ0n) is 17.9. The first kappa shape index (κ1) is 25.3. The van der Waals surface area contributed by atoms with E-state index in [0.717, 1.165) is 36.4 Å². The van der Waals surface area contributed by atoms with Gasteiger partial charge in [-0.25, -0.2) is 0 Å². The lowest BCUT2D eigenvalue weighted by atomic mass is 10.1. The lowest BCUT2D eigenvalue weighted by Gasteiger charge is -2.27. The fourth-order valence-corrected chi connectivity index (χ4v) is 4.75. The van der Waals surface area contributed by atoms with Crippen molar-refractivity contribution in [1.29, 1.82) is 0 Å². The van der Waals surface area contributed by atoms with Crippen molar-refractivity contribution in [3.8, 4) is 5.88 Å². The van der Waals surface area contributed by atoms with Crippen molar-refractivity contribution in [2.24, 2.45) is 0 Å². The van der Waals surface area contributed by atoms with Crippen molar-refractivity contribution in [3.05, 3.63) is 12.7 Å². The van der Waals surface area contributed by atoms with E-state index in [1.807, 2.05) is 6.08 Å². The summed E-state index contributed by atoms with van der Waals surface area (Å²) in [5.41, 5.74) is -0.0943. The molecule has 1 aromatic heterocycles. The largest absolute Gasteiger partial charge is 0.470 e. The maximum atomic E-state index is 12.3. The van der Waals surface area contributed by atoms with Crippen molar-refractivity contribution < 1.29 is 19.0 Å². The number of hydrogen-bond donors (Lipinski definition) is 1. The van der Waals surface area contributed by atoms with Crippen LogP contribution in [0, 0.1) is 0 Å². The van der Waals surface area contributed by atoms with Crippen molar-refractivity contribution in [2.45, 2.75) is 38.8 Å². The SMILES string of the molecule is C=CCSSCCC(=O)O[C@@H](CNC(C)(C)C)COc1nsnc1N1CCOCC1. The fourth-order valence-electron chi connectivity index (χ4n) is 2.49. The normalized spacial score (nSPS) is 15.6. The quantitative estimate of drug-likeness (QED) is 0.198. The third-order valence-corrected chi connectivity index (χ3v) is 6.80. The van der Waals surface area contributed by atoms with E-state index >= 15 is 0 Å². The average molecular weight is 477 g/mol. The summed E-state index contributed by atoms with van der Waals surface area (Å²) in [5.74, 6) is 2.55. The van der Waals surface area contributed by atoms with E-state index in [0.29, 0.717) is 37.8 Å². The number of ether oxygens (including phenoxy) is 3. The number of nitrogens with one attached hydrogen (secondary N) is 1. The van der Waals surface area contributed by atoms with Gasteiger partial charge in [0.05, 0.1) is 31.4 Å². The summed E-state index contributed by atoms with van der Waals surface area (Å²) in [6.45, 7) is 13.5. The van der Waals surface area contributed by atoms with Crippen molar-refractivity contribution in [3.63, 3.8) is 0 Å². The summed E-state index contributed by atoms with van der Waals surface area (Å²) < 4.78 is 25.7. The van der Waals surface area contributed by atoms with Gasteiger partial charge in [0.15, 0.2) is 0 Å². The smallest absolute Gasteiger partial charge is 0.307 e. The first-order chi connectivity index (χ1) is 14.4. The number of nitrogens with zero attached hydrogens (tertiary/aromatic N) is 3. The Morgan fingerprint density at radius 3 is 2.83 bits per heavy atom. The van der Waals surface area contributed by atoms with Gasteiger partial charge in [-0.05, 0) is 20.8 Å². The molecule has 0 unspecified atom stereocenters. The maximum Gasteiger partial charge on any atom is 0.307 e. The molecular formula is C19H32N4O4S3. The lowest BCUT2D eigenvalue weighted by molar-refractivity contribution is -0.150. The highest BCUT2D eigenvalue weighted by atomic mass is 33.1. The Hall–Kier alpha value is -1.01. The molecule has 2 rings (SSSR count). The molecule has 170 valence electrons. The molecule has 1 fully saturated rings. The minimum Gasteiger partial charge on any atom is -0.470 e. The fraction of sp³-hybridized carbons (Fsp3) is 0.737. The first-order valence-corrected chi connectivity index (χ1v) is 13.2. The molecule has 8 nitrogen and oxygen atoms in total. The van der Waals surface area contributed by atoms with E-state index in [-0.39, 0.29) is 18.1 Å². The third-order valence-electron chi connectivity index (χ3n) is 3.98. The second-order valence-corrected chi connectivity index (χ2v) is 10.8. The van der Waals surface area contributed by atoms with Crippen LogP contribution in [0.2, 0.25) is 0 Å². The van der Waals surface area contributed by atoms with Gasteiger partial charge in [-0.2, -0.15) is 4.37 Å². The van der Waals surface area contributed by atoms with Crippen LogP contribution in [0.1, 0.15) is 27.2 Å². The number of aromatic nitrogens is 2. The molecule has 1 atom stereocenters. The van der Waals surface area contributed by atoms with E-state index < -0.39 is 6.10 Å². The Morgan fingerprint density at radius 1 is 1.37 bits per heavy atom. The van der Waals surface area contributed by atoms with Crippen LogP contribution in [0.5, 0.6) is 5.88 Å². The minimum atomic E-state index is -0.415. The van der Waals surface area contributed by atoms with E-state index in [2.05, 4.69) is 46.3 Å². The zero-order valence-corrected chi connectivity index (χ0v) is 20.4.